The van der Waals surface area contributed by atoms with Gasteiger partial charge in [-0.3, -0.25) is 9.59 Å². The van der Waals surface area contributed by atoms with Gasteiger partial charge in [0.15, 0.2) is 0 Å². The molecule has 0 radical (unpaired) electrons. The van der Waals surface area contributed by atoms with Crippen molar-refractivity contribution in [3.8, 4) is 5.88 Å². The van der Waals surface area contributed by atoms with E-state index in [4.69, 9.17) is 9.26 Å². The number of carbonyl (C=O) groups is 2. The number of ether oxygens (including phenoxy) is 1. The Morgan fingerprint density at radius 3 is 2.71 bits per heavy atom. The Balaban J connectivity index is 1.37. The number of rotatable bonds is 9. The van der Waals surface area contributed by atoms with Crippen molar-refractivity contribution in [1.82, 2.24) is 15.4 Å². The maximum Gasteiger partial charge on any atom is 0.254 e. The van der Waals surface area contributed by atoms with E-state index in [1.807, 2.05) is 59.5 Å². The van der Waals surface area contributed by atoms with E-state index in [1.165, 1.54) is 7.11 Å². The van der Waals surface area contributed by atoms with Crippen LogP contribution in [0.1, 0.15) is 39.6 Å². The van der Waals surface area contributed by atoms with Crippen molar-refractivity contribution in [3.05, 3.63) is 83.1 Å². The Morgan fingerprint density at radius 2 is 1.97 bits per heavy atom. The van der Waals surface area contributed by atoms with Gasteiger partial charge in [0.2, 0.25) is 5.91 Å². The highest BCUT2D eigenvalue weighted by atomic mass is 16.5. The smallest absolute Gasteiger partial charge is 0.254 e. The zero-order chi connectivity index (χ0) is 21.6. The van der Waals surface area contributed by atoms with Crippen molar-refractivity contribution in [1.29, 1.82) is 0 Å². The second kappa shape index (κ2) is 9.47. The molecule has 0 unspecified atom stereocenters. The molecule has 0 saturated heterocycles. The molecule has 2 amide bonds. The Hall–Kier alpha value is -3.61. The largest absolute Gasteiger partial charge is 0.479 e. The van der Waals surface area contributed by atoms with Crippen molar-refractivity contribution in [2.24, 2.45) is 0 Å². The van der Waals surface area contributed by atoms with Gasteiger partial charge in [0.1, 0.15) is 5.76 Å². The van der Waals surface area contributed by atoms with Crippen molar-refractivity contribution in [3.63, 3.8) is 0 Å². The summed E-state index contributed by atoms with van der Waals surface area (Å²) in [5.41, 5.74) is 2.90. The lowest BCUT2D eigenvalue weighted by atomic mass is 9.98. The van der Waals surface area contributed by atoms with Crippen LogP contribution < -0.4 is 10.1 Å². The van der Waals surface area contributed by atoms with Gasteiger partial charge in [-0.25, -0.2) is 0 Å². The maximum atomic E-state index is 12.8. The normalized spacial score (nSPS) is 13.7. The third kappa shape index (κ3) is 4.94. The highest BCUT2D eigenvalue weighted by Gasteiger charge is 2.29. The number of benzene rings is 2. The predicted octanol–water partition coefficient (Wildman–Crippen LogP) is 3.17. The quantitative estimate of drug-likeness (QED) is 0.576. The number of fused-ring (bicyclic) bond motifs is 1. The van der Waals surface area contributed by atoms with E-state index in [-0.39, 0.29) is 24.2 Å². The lowest BCUT2D eigenvalue weighted by Gasteiger charge is -2.24. The number of nitrogens with one attached hydrogen (secondary N) is 1. The van der Waals surface area contributed by atoms with Crippen LogP contribution in [-0.2, 0) is 17.8 Å². The average molecular weight is 419 g/mol. The molecule has 4 rings (SSSR count). The molecule has 160 valence electrons. The first-order valence-corrected chi connectivity index (χ1v) is 10.3. The van der Waals surface area contributed by atoms with E-state index in [0.29, 0.717) is 37.7 Å². The lowest BCUT2D eigenvalue weighted by molar-refractivity contribution is -0.121. The third-order valence-corrected chi connectivity index (χ3v) is 5.50. The number of amides is 2. The van der Waals surface area contributed by atoms with Crippen LogP contribution in [0.15, 0.2) is 65.2 Å². The standard InChI is InChI=1S/C24H25N3O4/c1-30-23-13-20(31-26-23)11-12-22(28)25-14-19(17-7-3-2-4-8-17)16-27-15-18-9-5-6-10-21(18)24(27)29/h2-10,13,19H,11-12,14-16H2,1H3,(H,25,28)/t19-/m0/s1. The second-order valence-corrected chi connectivity index (χ2v) is 7.59. The summed E-state index contributed by atoms with van der Waals surface area (Å²) in [5.74, 6) is 0.964. The van der Waals surface area contributed by atoms with Crippen molar-refractivity contribution in [2.75, 3.05) is 20.2 Å². The molecule has 7 nitrogen and oxygen atoms in total. The second-order valence-electron chi connectivity index (χ2n) is 7.59. The topological polar surface area (TPSA) is 84.7 Å². The van der Waals surface area contributed by atoms with Gasteiger partial charge in [0.05, 0.1) is 7.11 Å². The van der Waals surface area contributed by atoms with Crippen molar-refractivity contribution < 1.29 is 18.8 Å². The summed E-state index contributed by atoms with van der Waals surface area (Å²) in [6.07, 6.45) is 0.728. The molecule has 3 aromatic rings. The summed E-state index contributed by atoms with van der Waals surface area (Å²) in [5, 5.41) is 6.75. The number of aryl methyl sites for hydroxylation is 1. The van der Waals surface area contributed by atoms with Crippen LogP contribution >= 0.6 is 0 Å². The first-order chi connectivity index (χ1) is 15.1. The number of methoxy groups -OCH3 is 1. The molecule has 1 N–H and O–H groups in total. The van der Waals surface area contributed by atoms with Crippen LogP contribution in [0, 0.1) is 0 Å². The van der Waals surface area contributed by atoms with Crippen LogP contribution in [0.25, 0.3) is 0 Å². The summed E-state index contributed by atoms with van der Waals surface area (Å²) < 4.78 is 10.1. The van der Waals surface area contributed by atoms with E-state index in [1.54, 1.807) is 6.07 Å². The third-order valence-electron chi connectivity index (χ3n) is 5.50. The fraction of sp³-hybridized carbons (Fsp3) is 0.292. The van der Waals surface area contributed by atoms with Gasteiger partial charge in [-0.1, -0.05) is 48.5 Å². The number of hydrogen-bond donors (Lipinski definition) is 1. The van der Waals surface area contributed by atoms with Gasteiger partial charge >= 0.3 is 0 Å². The first kappa shape index (κ1) is 20.7. The molecule has 0 fully saturated rings. The van der Waals surface area contributed by atoms with Gasteiger partial charge in [-0.15, -0.1) is 0 Å². The fourth-order valence-electron chi connectivity index (χ4n) is 3.81. The molecule has 0 aliphatic carbocycles. The van der Waals surface area contributed by atoms with Gasteiger partial charge in [0.25, 0.3) is 11.8 Å². The van der Waals surface area contributed by atoms with E-state index >= 15 is 0 Å². The molecular weight excluding hydrogens is 394 g/mol. The molecule has 7 heteroatoms. The highest BCUT2D eigenvalue weighted by molar-refractivity contribution is 5.98. The monoisotopic (exact) mass is 419 g/mol. The van der Waals surface area contributed by atoms with Crippen LogP contribution in [0.3, 0.4) is 0 Å². The summed E-state index contributed by atoms with van der Waals surface area (Å²) in [4.78, 5) is 27.1. The molecular formula is C24H25N3O4. The van der Waals surface area contributed by atoms with Crippen LogP contribution in [-0.4, -0.2) is 42.1 Å². The number of carbonyl (C=O) groups excluding carboxylic acids is 2. The van der Waals surface area contributed by atoms with Gasteiger partial charge in [0, 0.05) is 50.0 Å². The van der Waals surface area contributed by atoms with Crippen LogP contribution in [0.2, 0.25) is 0 Å². The minimum absolute atomic E-state index is 0.00575. The highest BCUT2D eigenvalue weighted by Crippen LogP contribution is 2.26. The van der Waals surface area contributed by atoms with Crippen molar-refractivity contribution >= 4 is 11.8 Å². The van der Waals surface area contributed by atoms with Crippen molar-refractivity contribution in [2.45, 2.75) is 25.3 Å². The first-order valence-electron chi connectivity index (χ1n) is 10.3. The molecule has 1 aliphatic heterocycles. The number of hydrogen-bond acceptors (Lipinski definition) is 5. The van der Waals surface area contributed by atoms with Gasteiger partial charge < -0.3 is 19.5 Å². The van der Waals surface area contributed by atoms with E-state index in [0.717, 1.165) is 16.7 Å². The van der Waals surface area contributed by atoms with Gasteiger partial charge in [-0.05, 0) is 22.3 Å². The molecule has 0 saturated carbocycles. The molecule has 0 bridgehead atoms. The summed E-state index contributed by atoms with van der Waals surface area (Å²) in [7, 11) is 1.52. The SMILES string of the molecule is COc1cc(CCC(=O)NC[C@@H](CN2Cc3ccccc3C2=O)c2ccccc2)on1. The average Bonchev–Trinajstić information content (AvgIpc) is 3.40. The summed E-state index contributed by atoms with van der Waals surface area (Å²) in [6, 6.07) is 19.4. The fourth-order valence-corrected chi connectivity index (χ4v) is 3.81. The number of nitrogens with zero attached hydrogens (tertiary/aromatic N) is 2. The van der Waals surface area contributed by atoms with Gasteiger partial charge in [-0.2, -0.15) is 0 Å². The molecule has 31 heavy (non-hydrogen) atoms. The molecule has 1 atom stereocenters. The van der Waals surface area contributed by atoms with E-state index in [9.17, 15) is 9.59 Å². The molecule has 2 heterocycles. The summed E-state index contributed by atoms with van der Waals surface area (Å²) in [6.45, 7) is 1.58. The maximum absolute atomic E-state index is 12.8. The molecule has 0 spiro atoms. The lowest BCUT2D eigenvalue weighted by Crippen LogP contribution is -2.36. The number of aromatic nitrogens is 1. The van der Waals surface area contributed by atoms with E-state index < -0.39 is 0 Å². The predicted molar refractivity (Wildman–Crippen MR) is 115 cm³/mol. The summed E-state index contributed by atoms with van der Waals surface area (Å²) >= 11 is 0. The Morgan fingerprint density at radius 1 is 1.19 bits per heavy atom. The minimum atomic E-state index is -0.0765. The molecule has 2 aromatic carbocycles. The Labute approximate surface area is 181 Å². The zero-order valence-electron chi connectivity index (χ0n) is 17.4. The Bertz CT molecular complexity index is 1050. The van der Waals surface area contributed by atoms with E-state index in [2.05, 4.69) is 10.5 Å². The molecule has 1 aliphatic rings. The van der Waals surface area contributed by atoms with Crippen LogP contribution in [0.5, 0.6) is 5.88 Å². The van der Waals surface area contributed by atoms with Crippen LogP contribution in [0.4, 0.5) is 0 Å². The Kier molecular flexibility index (Phi) is 6.31. The molecule has 1 aromatic heterocycles. The minimum Gasteiger partial charge on any atom is -0.479 e. The zero-order valence-corrected chi connectivity index (χ0v) is 17.4.